The molecule has 7 heteroatoms. The Hall–Kier alpha value is -3.22. The summed E-state index contributed by atoms with van der Waals surface area (Å²) < 4.78 is 0. The van der Waals surface area contributed by atoms with Crippen molar-refractivity contribution in [3.63, 3.8) is 0 Å². The second-order valence-corrected chi connectivity index (χ2v) is 6.74. The van der Waals surface area contributed by atoms with Crippen molar-refractivity contribution in [3.8, 4) is 0 Å². The summed E-state index contributed by atoms with van der Waals surface area (Å²) in [6, 6.07) is 10.1. The third-order valence-corrected chi connectivity index (χ3v) is 4.80. The molecule has 2 heterocycles. The maximum absolute atomic E-state index is 12.8. The third-order valence-electron chi connectivity index (χ3n) is 4.80. The number of rotatable bonds is 4. The lowest BCUT2D eigenvalue weighted by molar-refractivity contribution is -0.145. The van der Waals surface area contributed by atoms with Crippen LogP contribution in [0.1, 0.15) is 34.1 Å². The van der Waals surface area contributed by atoms with Crippen molar-refractivity contribution >= 4 is 23.5 Å². The van der Waals surface area contributed by atoms with Crippen molar-refractivity contribution in [3.05, 3.63) is 59.9 Å². The van der Waals surface area contributed by atoms with Gasteiger partial charge in [0.1, 0.15) is 0 Å². The predicted octanol–water partition coefficient (Wildman–Crippen LogP) is 2.52. The molecule has 3 rings (SSSR count). The number of piperidine rings is 1. The van der Waals surface area contributed by atoms with Gasteiger partial charge in [-0.25, -0.2) is 0 Å². The number of aromatic nitrogens is 1. The van der Waals surface area contributed by atoms with Gasteiger partial charge >= 0.3 is 5.97 Å². The van der Waals surface area contributed by atoms with Gasteiger partial charge in [0.25, 0.3) is 11.8 Å². The van der Waals surface area contributed by atoms with Gasteiger partial charge in [0.15, 0.2) is 0 Å². The van der Waals surface area contributed by atoms with Gasteiger partial charge in [-0.3, -0.25) is 19.4 Å². The lowest BCUT2D eigenvalue weighted by Gasteiger charge is -2.35. The van der Waals surface area contributed by atoms with Gasteiger partial charge < -0.3 is 15.3 Å². The van der Waals surface area contributed by atoms with Crippen LogP contribution in [-0.2, 0) is 4.79 Å². The first-order chi connectivity index (χ1) is 13.0. The van der Waals surface area contributed by atoms with E-state index in [4.69, 9.17) is 0 Å². The first-order valence-corrected chi connectivity index (χ1v) is 8.79. The third kappa shape index (κ3) is 4.31. The summed E-state index contributed by atoms with van der Waals surface area (Å²) in [6.45, 7) is 2.66. The molecule has 1 aromatic carbocycles. The molecule has 0 spiro atoms. The Morgan fingerprint density at radius 2 is 1.96 bits per heavy atom. The van der Waals surface area contributed by atoms with Crippen LogP contribution in [0.2, 0.25) is 0 Å². The zero-order chi connectivity index (χ0) is 19.4. The van der Waals surface area contributed by atoms with Gasteiger partial charge in [-0.15, -0.1) is 0 Å². The van der Waals surface area contributed by atoms with Crippen LogP contribution in [-0.4, -0.2) is 45.9 Å². The zero-order valence-corrected chi connectivity index (χ0v) is 15.0. The lowest BCUT2D eigenvalue weighted by atomic mass is 9.87. The molecular formula is C20H21N3O4. The molecule has 2 aromatic rings. The minimum atomic E-state index is -0.810. The van der Waals surface area contributed by atoms with Crippen molar-refractivity contribution in [1.82, 2.24) is 9.88 Å². The van der Waals surface area contributed by atoms with Crippen molar-refractivity contribution in [1.29, 1.82) is 0 Å². The number of nitrogens with zero attached hydrogens (tertiary/aromatic N) is 2. The van der Waals surface area contributed by atoms with Crippen molar-refractivity contribution in [2.75, 3.05) is 18.4 Å². The molecule has 0 bridgehead atoms. The Kier molecular flexibility index (Phi) is 5.49. The summed E-state index contributed by atoms with van der Waals surface area (Å²) in [6.07, 6.45) is 3.50. The number of nitrogens with one attached hydrogen (secondary N) is 1. The first-order valence-electron chi connectivity index (χ1n) is 8.79. The molecule has 2 atom stereocenters. The fraction of sp³-hybridized carbons (Fsp3) is 0.300. The Labute approximate surface area is 157 Å². The van der Waals surface area contributed by atoms with Crippen LogP contribution in [0.3, 0.4) is 0 Å². The summed E-state index contributed by atoms with van der Waals surface area (Å²) in [4.78, 5) is 41.8. The summed E-state index contributed by atoms with van der Waals surface area (Å²) in [5.74, 6) is -1.80. The molecule has 1 aliphatic heterocycles. The van der Waals surface area contributed by atoms with E-state index in [0.717, 1.165) is 0 Å². The molecular weight excluding hydrogens is 346 g/mol. The molecule has 0 radical (unpaired) electrons. The average Bonchev–Trinajstić information content (AvgIpc) is 2.68. The molecule has 1 aliphatic rings. The minimum Gasteiger partial charge on any atom is -0.481 e. The van der Waals surface area contributed by atoms with Gasteiger partial charge in [0.05, 0.1) is 11.5 Å². The molecule has 2 amide bonds. The van der Waals surface area contributed by atoms with Crippen LogP contribution in [0.25, 0.3) is 0 Å². The maximum atomic E-state index is 12.8. The van der Waals surface area contributed by atoms with E-state index in [1.165, 1.54) is 6.20 Å². The molecule has 1 fully saturated rings. The highest BCUT2D eigenvalue weighted by molar-refractivity contribution is 6.05. The molecule has 2 N–H and O–H groups in total. The van der Waals surface area contributed by atoms with Gasteiger partial charge in [0, 0.05) is 36.7 Å². The van der Waals surface area contributed by atoms with Gasteiger partial charge in [-0.2, -0.15) is 0 Å². The fourth-order valence-electron chi connectivity index (χ4n) is 3.31. The van der Waals surface area contributed by atoms with Crippen LogP contribution in [0.5, 0.6) is 0 Å². The molecule has 27 heavy (non-hydrogen) atoms. The average molecular weight is 367 g/mol. The number of hydrogen-bond acceptors (Lipinski definition) is 4. The highest BCUT2D eigenvalue weighted by Crippen LogP contribution is 2.25. The van der Waals surface area contributed by atoms with Crippen LogP contribution < -0.4 is 5.32 Å². The van der Waals surface area contributed by atoms with Gasteiger partial charge in [-0.05, 0) is 42.7 Å². The number of benzene rings is 1. The molecule has 2 unspecified atom stereocenters. The van der Waals surface area contributed by atoms with E-state index in [9.17, 15) is 19.5 Å². The predicted molar refractivity (Wildman–Crippen MR) is 99.4 cm³/mol. The lowest BCUT2D eigenvalue weighted by Crippen LogP contribution is -2.45. The Morgan fingerprint density at radius 1 is 1.19 bits per heavy atom. The molecule has 1 saturated heterocycles. The molecule has 140 valence electrons. The minimum absolute atomic E-state index is 0.103. The van der Waals surface area contributed by atoms with Crippen molar-refractivity contribution < 1.29 is 19.5 Å². The summed E-state index contributed by atoms with van der Waals surface area (Å²) in [5, 5.41) is 12.0. The number of likely N-dealkylation sites (tertiary alicyclic amines) is 1. The molecule has 7 nitrogen and oxygen atoms in total. The fourth-order valence-corrected chi connectivity index (χ4v) is 3.31. The van der Waals surface area contributed by atoms with Crippen LogP contribution >= 0.6 is 0 Å². The summed E-state index contributed by atoms with van der Waals surface area (Å²) in [5.41, 5.74) is 1.40. The largest absolute Gasteiger partial charge is 0.481 e. The number of carbonyl (C=O) groups is 3. The van der Waals surface area contributed by atoms with Crippen LogP contribution in [0, 0.1) is 11.8 Å². The quantitative estimate of drug-likeness (QED) is 0.865. The number of hydrogen-bond donors (Lipinski definition) is 2. The van der Waals surface area contributed by atoms with E-state index >= 15 is 0 Å². The maximum Gasteiger partial charge on any atom is 0.306 e. The number of amides is 2. The SMILES string of the molecule is CC1CN(C(=O)c2cccc(NC(=O)c3cccnc3)c2)CCC1C(=O)O. The Balaban J connectivity index is 1.69. The zero-order valence-electron chi connectivity index (χ0n) is 15.0. The van der Waals surface area contributed by atoms with E-state index in [0.29, 0.717) is 36.3 Å². The van der Waals surface area contributed by atoms with E-state index < -0.39 is 11.9 Å². The van der Waals surface area contributed by atoms with Crippen molar-refractivity contribution in [2.24, 2.45) is 11.8 Å². The normalized spacial score (nSPS) is 19.4. The van der Waals surface area contributed by atoms with E-state index in [1.54, 1.807) is 47.5 Å². The topological polar surface area (TPSA) is 99.6 Å². The monoisotopic (exact) mass is 367 g/mol. The Morgan fingerprint density at radius 3 is 2.63 bits per heavy atom. The number of carbonyl (C=O) groups excluding carboxylic acids is 2. The first kappa shape index (κ1) is 18.6. The Bertz CT molecular complexity index is 853. The smallest absolute Gasteiger partial charge is 0.306 e. The van der Waals surface area contributed by atoms with E-state index in [1.807, 2.05) is 6.92 Å². The second kappa shape index (κ2) is 7.99. The number of aliphatic carboxylic acids is 1. The highest BCUT2D eigenvalue weighted by atomic mass is 16.4. The number of carboxylic acids is 1. The van der Waals surface area contributed by atoms with Crippen LogP contribution in [0.4, 0.5) is 5.69 Å². The number of pyridine rings is 1. The molecule has 0 saturated carbocycles. The van der Waals surface area contributed by atoms with E-state index in [-0.39, 0.29) is 17.7 Å². The summed E-state index contributed by atoms with van der Waals surface area (Å²) >= 11 is 0. The van der Waals surface area contributed by atoms with Gasteiger partial charge in [0.2, 0.25) is 0 Å². The van der Waals surface area contributed by atoms with Gasteiger partial charge in [-0.1, -0.05) is 13.0 Å². The van der Waals surface area contributed by atoms with Crippen molar-refractivity contribution in [2.45, 2.75) is 13.3 Å². The molecule has 1 aromatic heterocycles. The highest BCUT2D eigenvalue weighted by Gasteiger charge is 2.33. The standard InChI is InChI=1S/C20H21N3O4/c1-13-12-23(9-7-17(13)20(26)27)19(25)14-4-2-6-16(10-14)22-18(24)15-5-3-8-21-11-15/h2-6,8,10-11,13,17H,7,9,12H2,1H3,(H,22,24)(H,26,27). The number of carboxylic acid groups (broad SMARTS) is 1. The molecule has 0 aliphatic carbocycles. The number of anilines is 1. The van der Waals surface area contributed by atoms with Crippen LogP contribution in [0.15, 0.2) is 48.8 Å². The summed E-state index contributed by atoms with van der Waals surface area (Å²) in [7, 11) is 0. The van der Waals surface area contributed by atoms with E-state index in [2.05, 4.69) is 10.3 Å². The second-order valence-electron chi connectivity index (χ2n) is 6.74.